The highest BCUT2D eigenvalue weighted by Gasteiger charge is 2.12. The first-order valence-corrected chi connectivity index (χ1v) is 5.16. The molecule has 0 heterocycles. The Morgan fingerprint density at radius 1 is 1.11 bits per heavy atom. The number of carbonyl (C=O) groups is 1. The Balaban J connectivity index is 2.24. The molecule has 0 saturated heterocycles. The van der Waals surface area contributed by atoms with Gasteiger partial charge in [-0.1, -0.05) is 12.1 Å². The van der Waals surface area contributed by atoms with Gasteiger partial charge >= 0.3 is 0 Å². The minimum absolute atomic E-state index is 0.0463. The van der Waals surface area contributed by atoms with Crippen molar-refractivity contribution in [2.24, 2.45) is 0 Å². The maximum absolute atomic E-state index is 13.4. The standard InChI is InChI=1S/C13H10FNO3/c14-10-7-8(16)5-6-11(10)15-13(18)9-3-1-2-4-12(9)17/h1-7,16-17H,(H,15,18). The van der Waals surface area contributed by atoms with Crippen molar-refractivity contribution in [1.29, 1.82) is 0 Å². The van der Waals surface area contributed by atoms with Crippen molar-refractivity contribution in [2.45, 2.75) is 0 Å². The summed E-state index contributed by atoms with van der Waals surface area (Å²) in [4.78, 5) is 11.8. The minimum atomic E-state index is -0.751. The van der Waals surface area contributed by atoms with E-state index in [0.717, 1.165) is 6.07 Å². The van der Waals surface area contributed by atoms with Gasteiger partial charge in [-0.15, -0.1) is 0 Å². The maximum Gasteiger partial charge on any atom is 0.259 e. The molecule has 0 radical (unpaired) electrons. The third-order valence-electron chi connectivity index (χ3n) is 2.35. The summed E-state index contributed by atoms with van der Waals surface area (Å²) in [6, 6.07) is 9.33. The molecule has 5 heteroatoms. The van der Waals surface area contributed by atoms with E-state index in [0.29, 0.717) is 0 Å². The van der Waals surface area contributed by atoms with E-state index in [1.54, 1.807) is 12.1 Å². The second-order valence-electron chi connectivity index (χ2n) is 3.64. The third kappa shape index (κ3) is 2.40. The normalized spacial score (nSPS) is 10.1. The number of para-hydroxylation sites is 1. The number of carbonyl (C=O) groups excluding carboxylic acids is 1. The van der Waals surface area contributed by atoms with E-state index >= 15 is 0 Å². The van der Waals surface area contributed by atoms with Crippen LogP contribution in [0.5, 0.6) is 11.5 Å². The number of hydrogen-bond acceptors (Lipinski definition) is 3. The van der Waals surface area contributed by atoms with Crippen molar-refractivity contribution in [1.82, 2.24) is 0 Å². The predicted molar refractivity (Wildman–Crippen MR) is 64.1 cm³/mol. The molecular formula is C13H10FNO3. The molecule has 0 aliphatic carbocycles. The van der Waals surface area contributed by atoms with Crippen LogP contribution in [0.15, 0.2) is 42.5 Å². The number of anilines is 1. The Morgan fingerprint density at radius 3 is 2.50 bits per heavy atom. The number of hydrogen-bond donors (Lipinski definition) is 3. The lowest BCUT2D eigenvalue weighted by Crippen LogP contribution is -2.13. The number of phenolic OH excluding ortho intramolecular Hbond substituents is 2. The van der Waals surface area contributed by atoms with Gasteiger partial charge in [-0.25, -0.2) is 4.39 Å². The summed E-state index contributed by atoms with van der Waals surface area (Å²) >= 11 is 0. The van der Waals surface area contributed by atoms with Crippen LogP contribution >= 0.6 is 0 Å². The molecule has 0 bridgehead atoms. The molecule has 4 nitrogen and oxygen atoms in total. The first-order valence-electron chi connectivity index (χ1n) is 5.16. The predicted octanol–water partition coefficient (Wildman–Crippen LogP) is 2.49. The molecule has 2 aromatic rings. The second-order valence-corrected chi connectivity index (χ2v) is 3.64. The van der Waals surface area contributed by atoms with E-state index in [9.17, 15) is 14.3 Å². The van der Waals surface area contributed by atoms with Gasteiger partial charge in [0.05, 0.1) is 11.3 Å². The van der Waals surface area contributed by atoms with Gasteiger partial charge < -0.3 is 15.5 Å². The van der Waals surface area contributed by atoms with E-state index in [1.165, 1.54) is 24.3 Å². The van der Waals surface area contributed by atoms with Crippen LogP contribution < -0.4 is 5.32 Å². The highest BCUT2D eigenvalue weighted by Crippen LogP contribution is 2.22. The summed E-state index contributed by atoms with van der Waals surface area (Å²) in [7, 11) is 0. The van der Waals surface area contributed by atoms with Gasteiger partial charge in [-0.2, -0.15) is 0 Å². The molecular weight excluding hydrogens is 237 g/mol. The average molecular weight is 247 g/mol. The number of aromatic hydroxyl groups is 2. The van der Waals surface area contributed by atoms with Gasteiger partial charge in [0.15, 0.2) is 0 Å². The lowest BCUT2D eigenvalue weighted by molar-refractivity contribution is 0.102. The Hall–Kier alpha value is -2.56. The summed E-state index contributed by atoms with van der Waals surface area (Å²) < 4.78 is 13.4. The topological polar surface area (TPSA) is 69.6 Å². The fourth-order valence-electron chi connectivity index (χ4n) is 1.46. The second kappa shape index (κ2) is 4.75. The highest BCUT2D eigenvalue weighted by atomic mass is 19.1. The van der Waals surface area contributed by atoms with E-state index in [2.05, 4.69) is 5.32 Å². The Bertz CT molecular complexity index is 599. The molecule has 0 aromatic heterocycles. The summed E-state index contributed by atoms with van der Waals surface area (Å²) in [6.07, 6.45) is 0. The maximum atomic E-state index is 13.4. The molecule has 2 aromatic carbocycles. The van der Waals surface area contributed by atoms with Crippen molar-refractivity contribution in [2.75, 3.05) is 5.32 Å². The number of halogens is 1. The van der Waals surface area contributed by atoms with E-state index in [1.807, 2.05) is 0 Å². The molecule has 92 valence electrons. The SMILES string of the molecule is O=C(Nc1ccc(O)cc1F)c1ccccc1O. The fraction of sp³-hybridized carbons (Fsp3) is 0. The molecule has 0 aliphatic heterocycles. The smallest absolute Gasteiger partial charge is 0.259 e. The molecule has 0 unspecified atom stereocenters. The lowest BCUT2D eigenvalue weighted by Gasteiger charge is -2.07. The third-order valence-corrected chi connectivity index (χ3v) is 2.35. The Labute approximate surface area is 102 Å². The fourth-order valence-corrected chi connectivity index (χ4v) is 1.46. The van der Waals surface area contributed by atoms with Crippen LogP contribution in [0.4, 0.5) is 10.1 Å². The van der Waals surface area contributed by atoms with Crippen LogP contribution in [-0.4, -0.2) is 16.1 Å². The van der Waals surface area contributed by atoms with Crippen LogP contribution in [-0.2, 0) is 0 Å². The van der Waals surface area contributed by atoms with Crippen LogP contribution in [0.1, 0.15) is 10.4 Å². The number of amides is 1. The zero-order valence-electron chi connectivity index (χ0n) is 9.22. The summed E-state index contributed by atoms with van der Waals surface area (Å²) in [5.74, 6) is -1.79. The summed E-state index contributed by atoms with van der Waals surface area (Å²) in [5.41, 5.74) is -0.0222. The lowest BCUT2D eigenvalue weighted by atomic mass is 10.2. The summed E-state index contributed by atoms with van der Waals surface area (Å²) in [6.45, 7) is 0. The van der Waals surface area contributed by atoms with Crippen LogP contribution in [0, 0.1) is 5.82 Å². The number of nitrogens with one attached hydrogen (secondary N) is 1. The molecule has 0 spiro atoms. The quantitative estimate of drug-likeness (QED) is 0.714. The Kier molecular flexibility index (Phi) is 3.14. The number of rotatable bonds is 2. The van der Waals surface area contributed by atoms with Gasteiger partial charge in [0, 0.05) is 6.07 Å². The van der Waals surface area contributed by atoms with Crippen LogP contribution in [0.3, 0.4) is 0 Å². The van der Waals surface area contributed by atoms with Crippen molar-refractivity contribution in [3.8, 4) is 11.5 Å². The van der Waals surface area contributed by atoms with Crippen LogP contribution in [0.2, 0.25) is 0 Å². The monoisotopic (exact) mass is 247 g/mol. The largest absolute Gasteiger partial charge is 0.508 e. The minimum Gasteiger partial charge on any atom is -0.508 e. The first kappa shape index (κ1) is 11.9. The van der Waals surface area contributed by atoms with Crippen LogP contribution in [0.25, 0.3) is 0 Å². The van der Waals surface area contributed by atoms with Gasteiger partial charge in [0.25, 0.3) is 5.91 Å². The molecule has 0 aliphatic rings. The van der Waals surface area contributed by atoms with E-state index in [4.69, 9.17) is 5.11 Å². The summed E-state index contributed by atoms with van der Waals surface area (Å²) in [5, 5.41) is 20.8. The molecule has 0 saturated carbocycles. The van der Waals surface area contributed by atoms with E-state index in [-0.39, 0.29) is 22.7 Å². The van der Waals surface area contributed by atoms with Gasteiger partial charge in [0.2, 0.25) is 0 Å². The van der Waals surface area contributed by atoms with Gasteiger partial charge in [0.1, 0.15) is 17.3 Å². The molecule has 3 N–H and O–H groups in total. The zero-order valence-corrected chi connectivity index (χ0v) is 9.22. The molecule has 2 rings (SSSR count). The van der Waals surface area contributed by atoms with Gasteiger partial charge in [-0.3, -0.25) is 4.79 Å². The average Bonchev–Trinajstić information content (AvgIpc) is 2.33. The van der Waals surface area contributed by atoms with E-state index < -0.39 is 11.7 Å². The molecule has 18 heavy (non-hydrogen) atoms. The molecule has 0 atom stereocenters. The molecule has 0 fully saturated rings. The molecule has 1 amide bonds. The van der Waals surface area contributed by atoms with Gasteiger partial charge in [-0.05, 0) is 24.3 Å². The number of benzene rings is 2. The Morgan fingerprint density at radius 2 is 1.83 bits per heavy atom. The highest BCUT2D eigenvalue weighted by molar-refractivity contribution is 6.06. The zero-order chi connectivity index (χ0) is 13.1. The van der Waals surface area contributed by atoms with Crippen molar-refractivity contribution in [3.63, 3.8) is 0 Å². The van der Waals surface area contributed by atoms with Crippen molar-refractivity contribution < 1.29 is 19.4 Å². The number of phenols is 2. The van der Waals surface area contributed by atoms with Crippen molar-refractivity contribution in [3.05, 3.63) is 53.8 Å². The first-order chi connectivity index (χ1) is 8.58. The van der Waals surface area contributed by atoms with Crippen molar-refractivity contribution >= 4 is 11.6 Å².